The normalized spacial score (nSPS) is 30.6. The zero-order valence-corrected chi connectivity index (χ0v) is 15.1. The van der Waals surface area contributed by atoms with E-state index in [9.17, 15) is 0 Å². The van der Waals surface area contributed by atoms with Gasteiger partial charge in [-0.3, -0.25) is 10.4 Å². The molecule has 0 aromatic rings. The van der Waals surface area contributed by atoms with Crippen molar-refractivity contribution in [3.8, 4) is 0 Å². The molecular formula is C18H34N6. The second kappa shape index (κ2) is 8.08. The molecule has 0 radical (unpaired) electrons. The quantitative estimate of drug-likeness (QED) is 0.620. The van der Waals surface area contributed by atoms with Crippen LogP contribution in [0.15, 0.2) is 4.99 Å². The van der Waals surface area contributed by atoms with Gasteiger partial charge < -0.3 is 20.9 Å². The maximum atomic E-state index is 8.24. The lowest BCUT2D eigenvalue weighted by molar-refractivity contribution is 0.186. The first-order valence-electron chi connectivity index (χ1n) is 9.79. The summed E-state index contributed by atoms with van der Waals surface area (Å²) in [6.07, 6.45) is 8.98. The van der Waals surface area contributed by atoms with Crippen molar-refractivity contribution >= 4 is 11.9 Å². The minimum Gasteiger partial charge on any atom is -0.370 e. The molecule has 0 bridgehead atoms. The Morgan fingerprint density at radius 1 is 1.29 bits per heavy atom. The van der Waals surface area contributed by atoms with Crippen LogP contribution in [-0.2, 0) is 0 Å². The summed E-state index contributed by atoms with van der Waals surface area (Å²) in [7, 11) is 0. The van der Waals surface area contributed by atoms with Crippen LogP contribution in [0.3, 0.4) is 0 Å². The Morgan fingerprint density at radius 3 is 2.88 bits per heavy atom. The fourth-order valence-corrected chi connectivity index (χ4v) is 4.43. The predicted molar refractivity (Wildman–Crippen MR) is 99.3 cm³/mol. The summed E-state index contributed by atoms with van der Waals surface area (Å²) in [6.45, 7) is 7.26. The monoisotopic (exact) mass is 334 g/mol. The van der Waals surface area contributed by atoms with Crippen LogP contribution in [-0.4, -0.2) is 60.5 Å². The van der Waals surface area contributed by atoms with E-state index < -0.39 is 0 Å². The number of unbranched alkanes of at least 4 members (excludes halogenated alkanes) is 1. The van der Waals surface area contributed by atoms with Gasteiger partial charge in [0, 0.05) is 32.2 Å². The zero-order valence-electron chi connectivity index (χ0n) is 15.1. The van der Waals surface area contributed by atoms with Crippen molar-refractivity contribution in [2.24, 2.45) is 22.6 Å². The number of guanidine groups is 2. The van der Waals surface area contributed by atoms with Gasteiger partial charge in [-0.15, -0.1) is 0 Å². The highest BCUT2D eigenvalue weighted by Gasteiger charge is 2.32. The van der Waals surface area contributed by atoms with E-state index >= 15 is 0 Å². The van der Waals surface area contributed by atoms with Crippen molar-refractivity contribution in [1.82, 2.24) is 15.1 Å². The molecule has 1 aliphatic carbocycles. The van der Waals surface area contributed by atoms with E-state index in [0.717, 1.165) is 51.0 Å². The summed E-state index contributed by atoms with van der Waals surface area (Å²) < 4.78 is 0. The van der Waals surface area contributed by atoms with Gasteiger partial charge in [0.1, 0.15) is 0 Å². The van der Waals surface area contributed by atoms with E-state index in [4.69, 9.17) is 11.1 Å². The molecule has 0 amide bonds. The van der Waals surface area contributed by atoms with E-state index in [1.807, 2.05) is 0 Å². The fourth-order valence-electron chi connectivity index (χ4n) is 4.43. The Hall–Kier alpha value is -1.46. The van der Waals surface area contributed by atoms with Gasteiger partial charge >= 0.3 is 0 Å². The molecule has 2 fully saturated rings. The third-order valence-electron chi connectivity index (χ3n) is 6.14. The van der Waals surface area contributed by atoms with Gasteiger partial charge in [-0.1, -0.05) is 26.2 Å². The van der Waals surface area contributed by atoms with E-state index in [1.54, 1.807) is 0 Å². The van der Waals surface area contributed by atoms with Crippen LogP contribution in [0, 0.1) is 17.2 Å². The summed E-state index contributed by atoms with van der Waals surface area (Å²) in [6, 6.07) is 0.496. The molecule has 0 spiro atoms. The van der Waals surface area contributed by atoms with Gasteiger partial charge in [0.15, 0.2) is 11.9 Å². The Morgan fingerprint density at radius 2 is 2.12 bits per heavy atom. The first-order chi connectivity index (χ1) is 11.6. The molecule has 2 unspecified atom stereocenters. The van der Waals surface area contributed by atoms with Crippen LogP contribution in [0.1, 0.15) is 51.9 Å². The number of nitrogens with zero attached hydrogens (tertiary/aromatic N) is 3. The molecule has 2 heterocycles. The van der Waals surface area contributed by atoms with Gasteiger partial charge in [0.25, 0.3) is 0 Å². The molecule has 0 aromatic heterocycles. The Balaban J connectivity index is 1.42. The van der Waals surface area contributed by atoms with Gasteiger partial charge in [0.05, 0.1) is 6.54 Å². The standard InChI is InChI=1S/C18H34N6/c1-14-6-2-3-7-15(14)13-24-16(12-22-18(24)20)8-4-5-10-23-11-9-21-17(23)19/h14-16H,2-13H2,1H3,(H2,19,21)(H2,20,22)/t14?,15?,16-/m0/s1. The van der Waals surface area contributed by atoms with Gasteiger partial charge in [-0.2, -0.15) is 0 Å². The number of rotatable bonds is 7. The third-order valence-corrected chi connectivity index (χ3v) is 6.14. The molecule has 2 aliphatic heterocycles. The maximum Gasteiger partial charge on any atom is 0.191 e. The summed E-state index contributed by atoms with van der Waals surface area (Å²) in [5.74, 6) is 2.94. The van der Waals surface area contributed by atoms with Crippen molar-refractivity contribution in [2.75, 3.05) is 32.7 Å². The third kappa shape index (κ3) is 4.14. The van der Waals surface area contributed by atoms with Crippen LogP contribution in [0.25, 0.3) is 0 Å². The number of nitrogens with one attached hydrogen (secondary N) is 2. The smallest absolute Gasteiger partial charge is 0.191 e. The zero-order chi connectivity index (χ0) is 16.9. The highest BCUT2D eigenvalue weighted by atomic mass is 15.4. The Bertz CT molecular complexity index is 462. The van der Waals surface area contributed by atoms with Crippen LogP contribution in [0.4, 0.5) is 0 Å². The largest absolute Gasteiger partial charge is 0.370 e. The van der Waals surface area contributed by atoms with Gasteiger partial charge in [0.2, 0.25) is 0 Å². The van der Waals surface area contributed by atoms with Gasteiger partial charge in [-0.25, -0.2) is 0 Å². The minimum atomic E-state index is 0.496. The van der Waals surface area contributed by atoms with Crippen LogP contribution >= 0.6 is 0 Å². The number of nitrogens with two attached hydrogens (primary N) is 1. The van der Waals surface area contributed by atoms with E-state index in [2.05, 4.69) is 27.0 Å². The molecule has 0 aromatic carbocycles. The Labute approximate surface area is 146 Å². The number of hydrogen-bond donors (Lipinski definition) is 3. The van der Waals surface area contributed by atoms with Gasteiger partial charge in [-0.05, 0) is 37.5 Å². The number of aliphatic imine (C=N–C) groups is 1. The summed E-state index contributed by atoms with van der Waals surface area (Å²) >= 11 is 0. The molecule has 6 heteroatoms. The average Bonchev–Trinajstić information content (AvgIpc) is 3.13. The van der Waals surface area contributed by atoms with Crippen LogP contribution in [0.5, 0.6) is 0 Å². The molecule has 3 atom stereocenters. The number of hydrogen-bond acceptors (Lipinski definition) is 4. The lowest BCUT2D eigenvalue weighted by Crippen LogP contribution is -2.40. The van der Waals surface area contributed by atoms with Crippen molar-refractivity contribution in [1.29, 1.82) is 5.41 Å². The molecule has 136 valence electrons. The summed E-state index contributed by atoms with van der Waals surface area (Å²) in [4.78, 5) is 8.78. The highest BCUT2D eigenvalue weighted by molar-refractivity contribution is 5.79. The van der Waals surface area contributed by atoms with Crippen molar-refractivity contribution in [3.05, 3.63) is 0 Å². The minimum absolute atomic E-state index is 0.496. The predicted octanol–water partition coefficient (Wildman–Crippen LogP) is 1.82. The van der Waals surface area contributed by atoms with E-state index in [-0.39, 0.29) is 0 Å². The molecule has 4 N–H and O–H groups in total. The summed E-state index contributed by atoms with van der Waals surface area (Å²) in [5, 5.41) is 11.5. The second-order valence-electron chi connectivity index (χ2n) is 7.78. The second-order valence-corrected chi connectivity index (χ2v) is 7.78. The topological polar surface area (TPSA) is 80.7 Å². The van der Waals surface area contributed by atoms with E-state index in [1.165, 1.54) is 38.5 Å². The molecule has 1 saturated carbocycles. The molecular weight excluding hydrogens is 300 g/mol. The van der Waals surface area contributed by atoms with Crippen molar-refractivity contribution in [3.63, 3.8) is 0 Å². The van der Waals surface area contributed by atoms with Crippen molar-refractivity contribution in [2.45, 2.75) is 57.9 Å². The highest BCUT2D eigenvalue weighted by Crippen LogP contribution is 2.31. The lowest BCUT2D eigenvalue weighted by atomic mass is 9.80. The molecule has 3 aliphatic rings. The fraction of sp³-hybridized carbons (Fsp3) is 0.889. The maximum absolute atomic E-state index is 8.24. The van der Waals surface area contributed by atoms with Crippen molar-refractivity contribution < 1.29 is 0 Å². The molecule has 3 rings (SSSR count). The molecule has 6 nitrogen and oxygen atoms in total. The average molecular weight is 335 g/mol. The summed E-state index contributed by atoms with van der Waals surface area (Å²) in [5.41, 5.74) is 5.87. The molecule has 24 heavy (non-hydrogen) atoms. The SMILES string of the molecule is CC1CCCCC1CN1C(=N)NC[C@@H]1CCCCN1CCN=C1N. The first kappa shape index (κ1) is 17.4. The van der Waals surface area contributed by atoms with Crippen LogP contribution in [0.2, 0.25) is 0 Å². The molecule has 1 saturated heterocycles. The Kier molecular flexibility index (Phi) is 5.85. The lowest BCUT2D eigenvalue weighted by Gasteiger charge is -2.35. The van der Waals surface area contributed by atoms with Crippen LogP contribution < -0.4 is 11.1 Å². The van der Waals surface area contributed by atoms with E-state index in [0.29, 0.717) is 18.0 Å². The first-order valence-corrected chi connectivity index (χ1v) is 9.79.